The lowest BCUT2D eigenvalue weighted by Crippen LogP contribution is -2.48. The summed E-state index contributed by atoms with van der Waals surface area (Å²) in [6.07, 6.45) is 1.46. The van der Waals surface area contributed by atoms with Gasteiger partial charge in [-0.15, -0.1) is 0 Å². The molecule has 0 radical (unpaired) electrons. The molecule has 0 aliphatic rings. The highest BCUT2D eigenvalue weighted by Crippen LogP contribution is 2.27. The number of rotatable bonds is 9. The van der Waals surface area contributed by atoms with Gasteiger partial charge in [0.05, 0.1) is 6.42 Å². The van der Waals surface area contributed by atoms with Crippen LogP contribution in [0.4, 0.5) is 4.39 Å². The Kier molecular flexibility index (Phi) is 9.40. The molecule has 0 saturated heterocycles. The molecule has 1 N–H and O–H groups in total. The van der Waals surface area contributed by atoms with E-state index in [1.165, 1.54) is 23.1 Å². The van der Waals surface area contributed by atoms with Crippen molar-refractivity contribution in [2.75, 3.05) is 6.54 Å². The first-order valence-electron chi connectivity index (χ1n) is 9.69. The molecule has 8 heteroatoms. The molecule has 162 valence electrons. The van der Waals surface area contributed by atoms with Crippen molar-refractivity contribution in [3.05, 3.63) is 68.4 Å². The molecule has 2 aromatic carbocycles. The zero-order valence-corrected chi connectivity index (χ0v) is 19.1. The minimum Gasteiger partial charge on any atom is -0.354 e. The Bertz CT molecular complexity index is 867. The van der Waals surface area contributed by atoms with Gasteiger partial charge in [0, 0.05) is 39.3 Å². The van der Waals surface area contributed by atoms with Crippen molar-refractivity contribution in [3.8, 4) is 0 Å². The molecule has 0 saturated carbocycles. The average Bonchev–Trinajstić information content (AvgIpc) is 2.70. The fraction of sp³-hybridized carbons (Fsp3) is 0.364. The molecule has 0 spiro atoms. The highest BCUT2D eigenvalue weighted by Gasteiger charge is 2.28. The van der Waals surface area contributed by atoms with Crippen LogP contribution in [0.1, 0.15) is 37.8 Å². The monoisotopic (exact) mass is 472 g/mol. The molecule has 0 bridgehead atoms. The normalized spacial score (nSPS) is 11.8. The van der Waals surface area contributed by atoms with Gasteiger partial charge in [0.15, 0.2) is 0 Å². The predicted molar refractivity (Wildman–Crippen MR) is 120 cm³/mol. The minimum absolute atomic E-state index is 0.00573. The number of nitrogens with one attached hydrogen (secondary N) is 1. The number of carbonyl (C=O) groups is 2. The second-order valence-electron chi connectivity index (χ2n) is 6.92. The third-order valence-electron chi connectivity index (χ3n) is 4.78. The lowest BCUT2D eigenvalue weighted by atomic mass is 10.1. The van der Waals surface area contributed by atoms with Crippen molar-refractivity contribution in [2.45, 2.75) is 45.7 Å². The van der Waals surface area contributed by atoms with Crippen LogP contribution in [-0.4, -0.2) is 29.3 Å². The van der Waals surface area contributed by atoms with Gasteiger partial charge >= 0.3 is 0 Å². The summed E-state index contributed by atoms with van der Waals surface area (Å²) in [5, 5.41) is 3.73. The van der Waals surface area contributed by atoms with E-state index in [4.69, 9.17) is 34.8 Å². The molecule has 0 fully saturated rings. The molecule has 2 rings (SSSR count). The van der Waals surface area contributed by atoms with Gasteiger partial charge in [0.25, 0.3) is 0 Å². The maximum atomic E-state index is 14.2. The van der Waals surface area contributed by atoms with E-state index in [9.17, 15) is 14.0 Å². The zero-order valence-electron chi connectivity index (χ0n) is 16.9. The number of hydrogen-bond acceptors (Lipinski definition) is 2. The first-order valence-corrected chi connectivity index (χ1v) is 10.8. The maximum absolute atomic E-state index is 14.2. The van der Waals surface area contributed by atoms with E-state index in [1.807, 2.05) is 6.92 Å². The van der Waals surface area contributed by atoms with E-state index in [-0.39, 0.29) is 29.5 Å². The Hall–Kier alpha value is -1.82. The fourth-order valence-corrected chi connectivity index (χ4v) is 3.67. The highest BCUT2D eigenvalue weighted by molar-refractivity contribution is 6.36. The quantitative estimate of drug-likeness (QED) is 0.478. The van der Waals surface area contributed by atoms with Crippen molar-refractivity contribution >= 4 is 46.6 Å². The van der Waals surface area contributed by atoms with E-state index in [0.29, 0.717) is 22.2 Å². The Morgan fingerprint density at radius 3 is 2.17 bits per heavy atom. The molecule has 1 atom stereocenters. The molecule has 0 aliphatic carbocycles. The van der Waals surface area contributed by atoms with Gasteiger partial charge in [-0.25, -0.2) is 4.39 Å². The summed E-state index contributed by atoms with van der Waals surface area (Å²) >= 11 is 18.6. The molecular formula is C22H24Cl3FN2O2. The Morgan fingerprint density at radius 1 is 1.03 bits per heavy atom. The topological polar surface area (TPSA) is 49.4 Å². The van der Waals surface area contributed by atoms with E-state index in [0.717, 1.165) is 12.8 Å². The van der Waals surface area contributed by atoms with E-state index < -0.39 is 17.8 Å². The smallest absolute Gasteiger partial charge is 0.242 e. The van der Waals surface area contributed by atoms with Crippen LogP contribution in [0.2, 0.25) is 15.1 Å². The van der Waals surface area contributed by atoms with Crippen LogP contribution < -0.4 is 5.32 Å². The van der Waals surface area contributed by atoms with Gasteiger partial charge in [-0.2, -0.15) is 0 Å². The Morgan fingerprint density at radius 2 is 1.60 bits per heavy atom. The number of hydrogen-bond donors (Lipinski definition) is 1. The Labute approximate surface area is 191 Å². The van der Waals surface area contributed by atoms with Crippen molar-refractivity contribution in [3.63, 3.8) is 0 Å². The van der Waals surface area contributed by atoms with Gasteiger partial charge in [-0.05, 0) is 37.6 Å². The van der Waals surface area contributed by atoms with Crippen molar-refractivity contribution < 1.29 is 14.0 Å². The molecule has 0 unspecified atom stereocenters. The predicted octanol–water partition coefficient (Wildman–Crippen LogP) is 5.66. The van der Waals surface area contributed by atoms with Crippen LogP contribution in [-0.2, 0) is 22.6 Å². The van der Waals surface area contributed by atoms with Gasteiger partial charge in [0.1, 0.15) is 11.9 Å². The van der Waals surface area contributed by atoms with Crippen LogP contribution in [0.15, 0.2) is 36.4 Å². The van der Waals surface area contributed by atoms with Crippen molar-refractivity contribution in [1.29, 1.82) is 0 Å². The number of nitrogens with zero attached hydrogens (tertiary/aromatic N) is 1. The van der Waals surface area contributed by atoms with Gasteiger partial charge in [-0.1, -0.05) is 60.3 Å². The van der Waals surface area contributed by atoms with Crippen LogP contribution in [0.3, 0.4) is 0 Å². The lowest BCUT2D eigenvalue weighted by Gasteiger charge is -2.29. The second-order valence-corrected chi connectivity index (χ2v) is 8.14. The summed E-state index contributed by atoms with van der Waals surface area (Å²) in [5.74, 6) is -1.35. The highest BCUT2D eigenvalue weighted by atomic mass is 35.5. The molecule has 2 aromatic rings. The summed E-state index contributed by atoms with van der Waals surface area (Å²) in [5.41, 5.74) is 0.597. The molecule has 0 aromatic heterocycles. The summed E-state index contributed by atoms with van der Waals surface area (Å²) in [6.45, 7) is 4.15. The SMILES string of the molecule is CCCCNC(=O)[C@H](C)N(Cc1c(Cl)cccc1Cl)C(=O)Cc1c(F)cccc1Cl. The average molecular weight is 474 g/mol. The molecule has 0 heterocycles. The summed E-state index contributed by atoms with van der Waals surface area (Å²) in [6, 6.07) is 8.42. The van der Waals surface area contributed by atoms with Crippen molar-refractivity contribution in [1.82, 2.24) is 10.2 Å². The molecule has 0 aliphatic heterocycles. The first-order chi connectivity index (χ1) is 14.3. The van der Waals surface area contributed by atoms with E-state index >= 15 is 0 Å². The molecule has 4 nitrogen and oxygen atoms in total. The van der Waals surface area contributed by atoms with Crippen LogP contribution in [0.5, 0.6) is 0 Å². The number of unbranched alkanes of at least 4 members (excludes halogenated alkanes) is 1. The number of carbonyl (C=O) groups excluding carboxylic acids is 2. The standard InChI is InChI=1S/C22H24Cl3FN2O2/c1-3-4-11-27-22(30)14(2)28(13-16-18(24)7-5-8-19(16)25)21(29)12-15-17(23)9-6-10-20(15)26/h5-10,14H,3-4,11-13H2,1-2H3,(H,27,30)/t14-/m0/s1. The maximum Gasteiger partial charge on any atom is 0.242 e. The van der Waals surface area contributed by atoms with Crippen LogP contribution >= 0.6 is 34.8 Å². The second kappa shape index (κ2) is 11.5. The largest absolute Gasteiger partial charge is 0.354 e. The van der Waals surface area contributed by atoms with Crippen molar-refractivity contribution in [2.24, 2.45) is 0 Å². The fourth-order valence-electron chi connectivity index (χ4n) is 2.93. The molecule has 2 amide bonds. The van der Waals surface area contributed by atoms with Gasteiger partial charge in [-0.3, -0.25) is 9.59 Å². The third-order valence-corrected chi connectivity index (χ3v) is 5.84. The van der Waals surface area contributed by atoms with Crippen LogP contribution in [0, 0.1) is 5.82 Å². The summed E-state index contributed by atoms with van der Waals surface area (Å²) < 4.78 is 14.2. The Balaban J connectivity index is 2.32. The van der Waals surface area contributed by atoms with Gasteiger partial charge < -0.3 is 10.2 Å². The van der Waals surface area contributed by atoms with E-state index in [2.05, 4.69) is 5.32 Å². The zero-order chi connectivity index (χ0) is 22.3. The molecular weight excluding hydrogens is 450 g/mol. The minimum atomic E-state index is -0.813. The number of amides is 2. The summed E-state index contributed by atoms with van der Waals surface area (Å²) in [7, 11) is 0. The first kappa shape index (κ1) is 24.4. The number of benzene rings is 2. The van der Waals surface area contributed by atoms with Gasteiger partial charge in [0.2, 0.25) is 11.8 Å². The third kappa shape index (κ3) is 6.34. The number of halogens is 4. The summed E-state index contributed by atoms with van der Waals surface area (Å²) in [4.78, 5) is 27.1. The molecule has 30 heavy (non-hydrogen) atoms. The van der Waals surface area contributed by atoms with E-state index in [1.54, 1.807) is 25.1 Å². The lowest BCUT2D eigenvalue weighted by molar-refractivity contribution is -0.140. The van der Waals surface area contributed by atoms with Crippen LogP contribution in [0.25, 0.3) is 0 Å².